The minimum atomic E-state index is 0.461. The molecule has 94 valence electrons. The van der Waals surface area contributed by atoms with E-state index in [0.717, 1.165) is 0 Å². The molecule has 2 atom stereocenters. The Hall–Kier alpha value is -1.86. The van der Waals surface area contributed by atoms with Crippen LogP contribution in [0.3, 0.4) is 0 Å². The van der Waals surface area contributed by atoms with E-state index in [1.807, 2.05) is 0 Å². The van der Waals surface area contributed by atoms with Crippen LogP contribution >= 0.6 is 0 Å². The maximum atomic E-state index is 2.37. The van der Waals surface area contributed by atoms with Gasteiger partial charge in [-0.1, -0.05) is 54.6 Å². The molecule has 2 aliphatic rings. The largest absolute Gasteiger partial charge is 0.302 e. The molecule has 0 spiro atoms. The van der Waals surface area contributed by atoms with E-state index in [0.29, 0.717) is 12.0 Å². The van der Waals surface area contributed by atoms with Crippen molar-refractivity contribution in [1.29, 1.82) is 0 Å². The van der Waals surface area contributed by atoms with Crippen LogP contribution in [0, 0.1) is 0 Å². The zero-order valence-electron chi connectivity index (χ0n) is 11.3. The van der Waals surface area contributed by atoms with Crippen LogP contribution in [0.25, 0.3) is 22.9 Å². The molecule has 0 radical (unpaired) electrons. The highest BCUT2D eigenvalue weighted by Crippen LogP contribution is 2.42. The van der Waals surface area contributed by atoms with Crippen molar-refractivity contribution in [2.75, 3.05) is 14.1 Å². The zero-order chi connectivity index (χ0) is 13.0. The van der Waals surface area contributed by atoms with Gasteiger partial charge in [0.15, 0.2) is 0 Å². The number of benzene rings is 2. The molecule has 4 rings (SSSR count). The first-order valence-corrected chi connectivity index (χ1v) is 6.84. The Balaban J connectivity index is 2.08. The molecular formula is C18H17N. The second kappa shape index (κ2) is 3.82. The van der Waals surface area contributed by atoms with Gasteiger partial charge in [0.25, 0.3) is 0 Å². The number of rotatable bonds is 1. The van der Waals surface area contributed by atoms with E-state index in [4.69, 9.17) is 0 Å². The Kier molecular flexibility index (Phi) is 2.21. The van der Waals surface area contributed by atoms with E-state index in [1.165, 1.54) is 27.5 Å². The van der Waals surface area contributed by atoms with Crippen molar-refractivity contribution in [3.05, 3.63) is 59.2 Å². The van der Waals surface area contributed by atoms with Crippen LogP contribution in [0.15, 0.2) is 42.5 Å². The molecule has 2 aliphatic carbocycles. The van der Waals surface area contributed by atoms with Gasteiger partial charge in [0, 0.05) is 12.0 Å². The molecule has 1 nitrogen and oxygen atoms in total. The molecule has 0 aliphatic heterocycles. The summed E-state index contributed by atoms with van der Waals surface area (Å²) >= 11 is 0. The summed E-state index contributed by atoms with van der Waals surface area (Å²) in [6, 6.07) is 11.6. The van der Waals surface area contributed by atoms with Crippen LogP contribution in [0.2, 0.25) is 0 Å². The van der Waals surface area contributed by atoms with Crippen molar-refractivity contribution in [3.63, 3.8) is 0 Å². The summed E-state index contributed by atoms with van der Waals surface area (Å²) in [5, 5.41) is 2.81. The molecule has 0 bridgehead atoms. The van der Waals surface area contributed by atoms with Gasteiger partial charge in [0.1, 0.15) is 0 Å². The SMILES string of the molecule is CN(C)C1C=Cc2ccc3cccc4c3c2C1C=C4. The van der Waals surface area contributed by atoms with Gasteiger partial charge in [-0.3, -0.25) is 0 Å². The second-order valence-electron chi connectivity index (χ2n) is 5.71. The number of nitrogens with zero attached hydrogens (tertiary/aromatic N) is 1. The monoisotopic (exact) mass is 247 g/mol. The predicted molar refractivity (Wildman–Crippen MR) is 82.2 cm³/mol. The van der Waals surface area contributed by atoms with Crippen LogP contribution in [0.5, 0.6) is 0 Å². The van der Waals surface area contributed by atoms with E-state index in [-0.39, 0.29) is 0 Å². The maximum Gasteiger partial charge on any atom is 0.0379 e. The topological polar surface area (TPSA) is 3.24 Å². The molecule has 2 aromatic rings. The molecule has 2 unspecified atom stereocenters. The molecule has 19 heavy (non-hydrogen) atoms. The second-order valence-corrected chi connectivity index (χ2v) is 5.71. The Morgan fingerprint density at radius 1 is 0.895 bits per heavy atom. The fourth-order valence-electron chi connectivity index (χ4n) is 3.50. The van der Waals surface area contributed by atoms with Gasteiger partial charge in [-0.05, 0) is 41.6 Å². The zero-order valence-corrected chi connectivity index (χ0v) is 11.3. The molecule has 0 N–H and O–H groups in total. The van der Waals surface area contributed by atoms with E-state index in [2.05, 4.69) is 73.6 Å². The molecule has 0 saturated carbocycles. The third-order valence-electron chi connectivity index (χ3n) is 4.41. The van der Waals surface area contributed by atoms with Crippen molar-refractivity contribution >= 4 is 22.9 Å². The third-order valence-corrected chi connectivity index (χ3v) is 4.41. The Morgan fingerprint density at radius 3 is 2.58 bits per heavy atom. The van der Waals surface area contributed by atoms with Gasteiger partial charge < -0.3 is 4.90 Å². The average molecular weight is 247 g/mol. The molecule has 2 aromatic carbocycles. The van der Waals surface area contributed by atoms with Crippen molar-refractivity contribution in [2.24, 2.45) is 0 Å². The molecule has 0 saturated heterocycles. The van der Waals surface area contributed by atoms with Crippen LogP contribution in [-0.4, -0.2) is 25.0 Å². The van der Waals surface area contributed by atoms with Crippen LogP contribution in [0.4, 0.5) is 0 Å². The quantitative estimate of drug-likeness (QED) is 0.738. The lowest BCUT2D eigenvalue weighted by atomic mass is 9.76. The van der Waals surface area contributed by atoms with Crippen molar-refractivity contribution in [1.82, 2.24) is 4.90 Å². The van der Waals surface area contributed by atoms with Crippen molar-refractivity contribution in [2.45, 2.75) is 12.0 Å². The summed E-state index contributed by atoms with van der Waals surface area (Å²) < 4.78 is 0. The van der Waals surface area contributed by atoms with Gasteiger partial charge >= 0.3 is 0 Å². The third kappa shape index (κ3) is 1.45. The maximum absolute atomic E-state index is 2.37. The van der Waals surface area contributed by atoms with Crippen molar-refractivity contribution < 1.29 is 0 Å². The highest BCUT2D eigenvalue weighted by atomic mass is 15.1. The highest BCUT2D eigenvalue weighted by Gasteiger charge is 2.29. The van der Waals surface area contributed by atoms with E-state index in [1.54, 1.807) is 0 Å². The first-order valence-electron chi connectivity index (χ1n) is 6.84. The van der Waals surface area contributed by atoms with Gasteiger partial charge in [-0.2, -0.15) is 0 Å². The normalized spacial score (nSPS) is 23.3. The lowest BCUT2D eigenvalue weighted by molar-refractivity contribution is 0.322. The van der Waals surface area contributed by atoms with E-state index < -0.39 is 0 Å². The standard InChI is InChI=1S/C18H17N/c1-19(2)16-11-9-14-7-6-12-4-3-5-13-8-10-15(16)18(14)17(12)13/h3-11,15-16H,1-2H3. The summed E-state index contributed by atoms with van der Waals surface area (Å²) in [5.74, 6) is 0.480. The molecule has 0 heterocycles. The molecule has 0 amide bonds. The van der Waals surface area contributed by atoms with Gasteiger partial charge in [-0.25, -0.2) is 0 Å². The lowest BCUT2D eigenvalue weighted by Crippen LogP contribution is -2.34. The van der Waals surface area contributed by atoms with E-state index >= 15 is 0 Å². The summed E-state index contributed by atoms with van der Waals surface area (Å²) in [5.41, 5.74) is 4.25. The molecule has 1 heteroatoms. The summed E-state index contributed by atoms with van der Waals surface area (Å²) in [7, 11) is 4.32. The Labute approximate surface area is 113 Å². The molecule has 0 fully saturated rings. The van der Waals surface area contributed by atoms with Gasteiger partial charge in [0.2, 0.25) is 0 Å². The predicted octanol–water partition coefficient (Wildman–Crippen LogP) is 3.91. The van der Waals surface area contributed by atoms with Crippen LogP contribution < -0.4 is 0 Å². The lowest BCUT2D eigenvalue weighted by Gasteiger charge is -2.35. The Morgan fingerprint density at radius 2 is 1.74 bits per heavy atom. The average Bonchev–Trinajstić information content (AvgIpc) is 2.44. The minimum Gasteiger partial charge on any atom is -0.302 e. The summed E-state index contributed by atoms with van der Waals surface area (Å²) in [6.45, 7) is 0. The summed E-state index contributed by atoms with van der Waals surface area (Å²) in [4.78, 5) is 2.31. The van der Waals surface area contributed by atoms with Gasteiger partial charge in [-0.15, -0.1) is 0 Å². The number of hydrogen-bond donors (Lipinski definition) is 0. The fourth-order valence-corrected chi connectivity index (χ4v) is 3.50. The smallest absolute Gasteiger partial charge is 0.0379 e. The number of likely N-dealkylation sites (N-methyl/N-ethyl adjacent to an activating group) is 1. The summed E-state index contributed by atoms with van der Waals surface area (Å²) in [6.07, 6.45) is 9.27. The van der Waals surface area contributed by atoms with Gasteiger partial charge in [0.05, 0.1) is 0 Å². The number of hydrogen-bond acceptors (Lipinski definition) is 1. The van der Waals surface area contributed by atoms with Crippen LogP contribution in [-0.2, 0) is 0 Å². The van der Waals surface area contributed by atoms with Crippen molar-refractivity contribution in [3.8, 4) is 0 Å². The first-order chi connectivity index (χ1) is 9.25. The van der Waals surface area contributed by atoms with Crippen LogP contribution in [0.1, 0.15) is 22.6 Å². The highest BCUT2D eigenvalue weighted by molar-refractivity contribution is 5.98. The fraction of sp³-hybridized carbons (Fsp3) is 0.222. The van der Waals surface area contributed by atoms with E-state index in [9.17, 15) is 0 Å². The Bertz CT molecular complexity index is 722. The molecular weight excluding hydrogens is 230 g/mol. The molecule has 0 aromatic heterocycles. The first kappa shape index (κ1) is 11.0. The minimum absolute atomic E-state index is 0.461.